The average molecular weight is 354 g/mol. The Balaban J connectivity index is 1.59. The maximum absolute atomic E-state index is 5.73. The lowest BCUT2D eigenvalue weighted by Crippen LogP contribution is -2.02. The highest BCUT2D eigenvalue weighted by molar-refractivity contribution is 5.93. The van der Waals surface area contributed by atoms with Gasteiger partial charge < -0.3 is 19.2 Å². The van der Waals surface area contributed by atoms with Crippen LogP contribution in [0.4, 0.5) is 5.69 Å². The van der Waals surface area contributed by atoms with Gasteiger partial charge in [0.05, 0.1) is 25.3 Å². The molecule has 1 aromatic carbocycles. The summed E-state index contributed by atoms with van der Waals surface area (Å²) in [5, 5.41) is 12.6. The minimum absolute atomic E-state index is 0.462. The molecule has 7 heteroatoms. The van der Waals surface area contributed by atoms with E-state index in [1.165, 1.54) is 0 Å². The number of nitrogens with one attached hydrogen (secondary N) is 1. The molecule has 0 atom stereocenters. The molecule has 1 aliphatic rings. The van der Waals surface area contributed by atoms with Gasteiger partial charge in [0.15, 0.2) is 11.5 Å². The van der Waals surface area contributed by atoms with Crippen LogP contribution in [0.2, 0.25) is 0 Å². The van der Waals surface area contributed by atoms with Crippen LogP contribution in [0.15, 0.2) is 28.8 Å². The summed E-state index contributed by atoms with van der Waals surface area (Å²) in [7, 11) is 0. The number of anilines is 1. The quantitative estimate of drug-likeness (QED) is 0.657. The zero-order valence-electron chi connectivity index (χ0n) is 15.0. The normalized spacial score (nSPS) is 13.8. The van der Waals surface area contributed by atoms with Crippen molar-refractivity contribution in [3.05, 3.63) is 36.2 Å². The van der Waals surface area contributed by atoms with Gasteiger partial charge in [-0.1, -0.05) is 0 Å². The number of rotatable bonds is 8. The Morgan fingerprint density at radius 3 is 2.62 bits per heavy atom. The monoisotopic (exact) mass is 354 g/mol. The van der Waals surface area contributed by atoms with Crippen LogP contribution < -0.4 is 14.8 Å². The predicted molar refractivity (Wildman–Crippen MR) is 97.7 cm³/mol. The summed E-state index contributed by atoms with van der Waals surface area (Å²) >= 11 is 0. The molecule has 0 amide bonds. The molecule has 2 aromatic heterocycles. The van der Waals surface area contributed by atoms with Gasteiger partial charge in [-0.15, -0.1) is 10.2 Å². The molecule has 4 rings (SSSR count). The molecule has 0 saturated heterocycles. The number of benzene rings is 1. The SMILES string of the molecule is CCOc1cc2nccc(NCc3nnc(C4CC4)o3)c2cc1OCC. The van der Waals surface area contributed by atoms with Gasteiger partial charge in [-0.3, -0.25) is 4.98 Å². The molecule has 0 unspecified atom stereocenters. The number of hydrogen-bond donors (Lipinski definition) is 1. The summed E-state index contributed by atoms with van der Waals surface area (Å²) in [4.78, 5) is 4.45. The van der Waals surface area contributed by atoms with Crippen molar-refractivity contribution in [1.82, 2.24) is 15.2 Å². The zero-order chi connectivity index (χ0) is 17.9. The Labute approximate surface area is 151 Å². The van der Waals surface area contributed by atoms with Gasteiger partial charge in [-0.2, -0.15) is 0 Å². The molecule has 0 bridgehead atoms. The first-order valence-corrected chi connectivity index (χ1v) is 9.03. The predicted octanol–water partition coefficient (Wildman–Crippen LogP) is 3.90. The lowest BCUT2D eigenvalue weighted by atomic mass is 10.1. The first-order chi connectivity index (χ1) is 12.8. The maximum Gasteiger partial charge on any atom is 0.235 e. The highest BCUT2D eigenvalue weighted by Gasteiger charge is 2.29. The first-order valence-electron chi connectivity index (χ1n) is 9.03. The van der Waals surface area contributed by atoms with E-state index in [2.05, 4.69) is 20.5 Å². The highest BCUT2D eigenvalue weighted by atomic mass is 16.5. The van der Waals surface area contributed by atoms with Gasteiger partial charge in [0, 0.05) is 29.3 Å². The van der Waals surface area contributed by atoms with E-state index < -0.39 is 0 Å². The molecule has 2 heterocycles. The van der Waals surface area contributed by atoms with Gasteiger partial charge in [-0.05, 0) is 38.8 Å². The third-order valence-corrected chi connectivity index (χ3v) is 4.25. The summed E-state index contributed by atoms with van der Waals surface area (Å²) in [6.45, 7) is 5.52. The Bertz CT molecular complexity index is 905. The summed E-state index contributed by atoms with van der Waals surface area (Å²) < 4.78 is 17.1. The molecule has 1 fully saturated rings. The first kappa shape index (κ1) is 16.6. The second kappa shape index (κ2) is 7.19. The molecule has 0 radical (unpaired) electrons. The van der Waals surface area contributed by atoms with E-state index >= 15 is 0 Å². The van der Waals surface area contributed by atoms with Crippen LogP contribution in [0.1, 0.15) is 44.4 Å². The van der Waals surface area contributed by atoms with E-state index in [0.29, 0.717) is 43.1 Å². The fraction of sp³-hybridized carbons (Fsp3) is 0.421. The molecule has 3 aromatic rings. The number of nitrogens with zero attached hydrogens (tertiary/aromatic N) is 3. The second-order valence-corrected chi connectivity index (χ2v) is 6.20. The van der Waals surface area contributed by atoms with Crippen LogP contribution in [0.3, 0.4) is 0 Å². The van der Waals surface area contributed by atoms with Crippen LogP contribution >= 0.6 is 0 Å². The molecular formula is C19H22N4O3. The van der Waals surface area contributed by atoms with E-state index in [1.807, 2.05) is 32.0 Å². The van der Waals surface area contributed by atoms with Gasteiger partial charge in [-0.25, -0.2) is 0 Å². The fourth-order valence-corrected chi connectivity index (χ4v) is 2.85. The number of aromatic nitrogens is 3. The highest BCUT2D eigenvalue weighted by Crippen LogP contribution is 2.39. The molecule has 7 nitrogen and oxygen atoms in total. The smallest absolute Gasteiger partial charge is 0.235 e. The fourth-order valence-electron chi connectivity index (χ4n) is 2.85. The van der Waals surface area contributed by atoms with E-state index in [9.17, 15) is 0 Å². The van der Waals surface area contributed by atoms with Crippen molar-refractivity contribution in [2.75, 3.05) is 18.5 Å². The lowest BCUT2D eigenvalue weighted by Gasteiger charge is -2.14. The van der Waals surface area contributed by atoms with Crippen LogP contribution in [0, 0.1) is 0 Å². The van der Waals surface area contributed by atoms with Crippen LogP contribution in [0.25, 0.3) is 10.9 Å². The number of hydrogen-bond acceptors (Lipinski definition) is 7. The Morgan fingerprint density at radius 1 is 1.12 bits per heavy atom. The van der Waals surface area contributed by atoms with E-state index in [1.54, 1.807) is 6.20 Å². The molecular weight excluding hydrogens is 332 g/mol. The minimum Gasteiger partial charge on any atom is -0.490 e. The van der Waals surface area contributed by atoms with Crippen molar-refractivity contribution >= 4 is 16.6 Å². The number of ether oxygens (including phenoxy) is 2. The lowest BCUT2D eigenvalue weighted by molar-refractivity contribution is 0.288. The van der Waals surface area contributed by atoms with Gasteiger partial charge in [0.25, 0.3) is 0 Å². The van der Waals surface area contributed by atoms with Gasteiger partial charge in [0.2, 0.25) is 11.8 Å². The van der Waals surface area contributed by atoms with Crippen molar-refractivity contribution < 1.29 is 13.9 Å². The molecule has 0 spiro atoms. The van der Waals surface area contributed by atoms with E-state index in [0.717, 1.165) is 35.3 Å². The average Bonchev–Trinajstić information content (AvgIpc) is 3.39. The standard InChI is InChI=1S/C19H22N4O3/c1-3-24-16-9-13-14(7-8-20-15(13)10-17(16)25-4-2)21-11-18-22-23-19(26-18)12-5-6-12/h7-10,12H,3-6,11H2,1-2H3,(H,20,21). The molecule has 0 aliphatic heterocycles. The number of fused-ring (bicyclic) bond motifs is 1. The Morgan fingerprint density at radius 2 is 1.88 bits per heavy atom. The summed E-state index contributed by atoms with van der Waals surface area (Å²) in [6, 6.07) is 5.80. The van der Waals surface area contributed by atoms with E-state index in [4.69, 9.17) is 13.9 Å². The third-order valence-electron chi connectivity index (χ3n) is 4.25. The second-order valence-electron chi connectivity index (χ2n) is 6.20. The maximum atomic E-state index is 5.73. The number of pyridine rings is 1. The molecule has 1 aliphatic carbocycles. The van der Waals surface area contributed by atoms with Crippen LogP contribution in [-0.4, -0.2) is 28.4 Å². The molecule has 26 heavy (non-hydrogen) atoms. The van der Waals surface area contributed by atoms with E-state index in [-0.39, 0.29) is 0 Å². The molecule has 1 saturated carbocycles. The molecule has 136 valence electrons. The Hall–Kier alpha value is -2.83. The zero-order valence-corrected chi connectivity index (χ0v) is 15.0. The third kappa shape index (κ3) is 3.42. The summed E-state index contributed by atoms with van der Waals surface area (Å²) in [6.07, 6.45) is 4.06. The summed E-state index contributed by atoms with van der Waals surface area (Å²) in [5.74, 6) is 3.22. The van der Waals surface area contributed by atoms with Crippen molar-refractivity contribution in [1.29, 1.82) is 0 Å². The van der Waals surface area contributed by atoms with Crippen molar-refractivity contribution in [2.24, 2.45) is 0 Å². The van der Waals surface area contributed by atoms with Gasteiger partial charge >= 0.3 is 0 Å². The van der Waals surface area contributed by atoms with Crippen molar-refractivity contribution in [3.8, 4) is 11.5 Å². The summed E-state index contributed by atoms with van der Waals surface area (Å²) in [5.41, 5.74) is 1.77. The topological polar surface area (TPSA) is 82.3 Å². The largest absolute Gasteiger partial charge is 0.490 e. The Kier molecular flexibility index (Phi) is 4.60. The van der Waals surface area contributed by atoms with Gasteiger partial charge in [0.1, 0.15) is 0 Å². The van der Waals surface area contributed by atoms with Crippen LogP contribution in [0.5, 0.6) is 11.5 Å². The van der Waals surface area contributed by atoms with Crippen molar-refractivity contribution in [3.63, 3.8) is 0 Å². The van der Waals surface area contributed by atoms with Crippen molar-refractivity contribution in [2.45, 2.75) is 39.2 Å². The van der Waals surface area contributed by atoms with Crippen LogP contribution in [-0.2, 0) is 6.54 Å². The molecule has 1 N–H and O–H groups in total. The minimum atomic E-state index is 0.462.